The molecule has 1 nitrogen and oxygen atoms in total. The SMILES string of the molecule is CC(C)[O][Ni].CCCCCCC. The Hall–Kier alpha value is 0.454. The molecule has 0 unspecified atom stereocenters. The van der Waals surface area contributed by atoms with Crippen LogP contribution in [0.25, 0.3) is 0 Å². The van der Waals surface area contributed by atoms with Crippen molar-refractivity contribution in [3.8, 4) is 0 Å². The summed E-state index contributed by atoms with van der Waals surface area (Å²) in [5.74, 6) is 0. The van der Waals surface area contributed by atoms with Crippen molar-refractivity contribution in [1.29, 1.82) is 0 Å². The molecule has 0 spiro atoms. The number of rotatable bonds is 5. The molecule has 0 aliphatic rings. The summed E-state index contributed by atoms with van der Waals surface area (Å²) in [6.45, 7) is 8.30. The normalized spacial score (nSPS) is 9.58. The van der Waals surface area contributed by atoms with Crippen molar-refractivity contribution in [3.05, 3.63) is 0 Å². The second-order valence-electron chi connectivity index (χ2n) is 3.18. The van der Waals surface area contributed by atoms with Gasteiger partial charge in [0.2, 0.25) is 0 Å². The average Bonchev–Trinajstić information content (AvgIpc) is 2.07. The monoisotopic (exact) mass is 217 g/mol. The van der Waals surface area contributed by atoms with E-state index in [0.717, 1.165) is 0 Å². The maximum absolute atomic E-state index is 4.38. The second-order valence-corrected chi connectivity index (χ2v) is 3.42. The first-order valence-electron chi connectivity index (χ1n) is 4.93. The Bertz CT molecular complexity index is 60.9. The standard InChI is InChI=1S/C7H16.C3H7O.Ni/c1-3-5-7-6-4-2;1-3(2)4;/h3-7H2,1-2H3;3H,1-2H3;/q;-1;+1. The van der Waals surface area contributed by atoms with Crippen LogP contribution < -0.4 is 0 Å². The van der Waals surface area contributed by atoms with Gasteiger partial charge in [-0.2, -0.15) is 0 Å². The topological polar surface area (TPSA) is 9.23 Å². The molecule has 12 heavy (non-hydrogen) atoms. The van der Waals surface area contributed by atoms with Crippen LogP contribution in [0.4, 0.5) is 0 Å². The Labute approximate surface area is 85.9 Å². The number of hydrogen-bond acceptors (Lipinski definition) is 1. The molecule has 0 aliphatic carbocycles. The van der Waals surface area contributed by atoms with Crippen LogP contribution in [0.2, 0.25) is 0 Å². The minimum absolute atomic E-state index is 0.218. The molecule has 0 saturated carbocycles. The summed E-state index contributed by atoms with van der Waals surface area (Å²) in [4.78, 5) is 0. The van der Waals surface area contributed by atoms with Crippen LogP contribution in [-0.2, 0) is 19.7 Å². The van der Waals surface area contributed by atoms with E-state index in [0.29, 0.717) is 0 Å². The molecule has 0 aromatic heterocycles. The van der Waals surface area contributed by atoms with Crippen molar-refractivity contribution in [1.82, 2.24) is 0 Å². The first-order valence-corrected chi connectivity index (χ1v) is 5.34. The fourth-order valence-electron chi connectivity index (χ4n) is 0.677. The summed E-state index contributed by atoms with van der Waals surface area (Å²) in [5, 5.41) is 0. The molecule has 0 saturated heterocycles. The molecule has 0 N–H and O–H groups in total. The van der Waals surface area contributed by atoms with E-state index in [1.165, 1.54) is 32.1 Å². The fourth-order valence-corrected chi connectivity index (χ4v) is 0.677. The van der Waals surface area contributed by atoms with Crippen LogP contribution >= 0.6 is 0 Å². The van der Waals surface area contributed by atoms with Crippen LogP contribution in [0.3, 0.4) is 0 Å². The van der Waals surface area contributed by atoms with Crippen molar-refractivity contribution in [2.24, 2.45) is 0 Å². The van der Waals surface area contributed by atoms with E-state index in [2.05, 4.69) is 33.5 Å². The molecule has 0 radical (unpaired) electrons. The Morgan fingerprint density at radius 2 is 1.33 bits per heavy atom. The molecule has 0 aliphatic heterocycles. The zero-order valence-electron chi connectivity index (χ0n) is 8.84. The van der Waals surface area contributed by atoms with Crippen LogP contribution in [0.1, 0.15) is 59.8 Å². The molecule has 0 rings (SSSR count). The predicted octanol–water partition coefficient (Wildman–Crippen LogP) is 3.85. The second kappa shape index (κ2) is 14.0. The summed E-state index contributed by atoms with van der Waals surface area (Å²) in [6.07, 6.45) is 7.23. The molecule has 0 atom stereocenters. The van der Waals surface area contributed by atoms with Gasteiger partial charge in [0.25, 0.3) is 0 Å². The minimum Gasteiger partial charge on any atom is -0.0654 e. The Morgan fingerprint density at radius 3 is 1.50 bits per heavy atom. The minimum atomic E-state index is 0.218. The van der Waals surface area contributed by atoms with Crippen molar-refractivity contribution in [2.75, 3.05) is 0 Å². The molecule has 0 fully saturated rings. The van der Waals surface area contributed by atoms with Crippen LogP contribution in [0.15, 0.2) is 0 Å². The van der Waals surface area contributed by atoms with Gasteiger partial charge in [0.1, 0.15) is 0 Å². The van der Waals surface area contributed by atoms with E-state index in [1.54, 1.807) is 0 Å². The zero-order valence-corrected chi connectivity index (χ0v) is 9.82. The van der Waals surface area contributed by atoms with Gasteiger partial charge in [-0.1, -0.05) is 46.0 Å². The molecule has 0 bridgehead atoms. The zero-order chi connectivity index (χ0) is 9.82. The third kappa shape index (κ3) is 22.4. The molecular weight excluding hydrogens is 195 g/mol. The van der Waals surface area contributed by atoms with Gasteiger partial charge in [0, 0.05) is 0 Å². The van der Waals surface area contributed by atoms with Gasteiger partial charge in [-0.15, -0.1) is 0 Å². The molecule has 79 valence electrons. The van der Waals surface area contributed by atoms with Crippen LogP contribution in [0, 0.1) is 0 Å². The molecule has 2 heteroatoms. The Balaban J connectivity index is 0. The van der Waals surface area contributed by atoms with Gasteiger partial charge in [-0.3, -0.25) is 0 Å². The van der Waals surface area contributed by atoms with E-state index in [4.69, 9.17) is 0 Å². The van der Waals surface area contributed by atoms with E-state index in [-0.39, 0.29) is 6.10 Å². The Morgan fingerprint density at radius 1 is 1.00 bits per heavy atom. The smallest absolute Gasteiger partial charge is 0.0533 e. The maximum atomic E-state index is 4.38. The molecule has 0 heterocycles. The van der Waals surface area contributed by atoms with E-state index in [1.807, 2.05) is 13.8 Å². The summed E-state index contributed by atoms with van der Waals surface area (Å²) < 4.78 is 4.38. The summed E-state index contributed by atoms with van der Waals surface area (Å²) in [5.41, 5.74) is 0. The largest absolute Gasteiger partial charge is 0.0654 e. The van der Waals surface area contributed by atoms with Crippen molar-refractivity contribution >= 4 is 0 Å². The van der Waals surface area contributed by atoms with Gasteiger partial charge in [0.05, 0.1) is 0 Å². The molecular formula is C10H23NiO. The van der Waals surface area contributed by atoms with Gasteiger partial charge < -0.3 is 0 Å². The molecule has 0 amide bonds. The summed E-state index contributed by atoms with van der Waals surface area (Å²) in [6, 6.07) is 0. The van der Waals surface area contributed by atoms with Gasteiger partial charge in [-0.25, -0.2) is 0 Å². The predicted molar refractivity (Wildman–Crippen MR) is 50.7 cm³/mol. The first kappa shape index (κ1) is 15.0. The Kier molecular flexibility index (Phi) is 17.4. The van der Waals surface area contributed by atoms with Crippen LogP contribution in [-0.4, -0.2) is 6.10 Å². The first-order chi connectivity index (χ1) is 5.68. The van der Waals surface area contributed by atoms with E-state index < -0.39 is 0 Å². The van der Waals surface area contributed by atoms with Gasteiger partial charge in [-0.05, 0) is 0 Å². The van der Waals surface area contributed by atoms with Crippen molar-refractivity contribution in [2.45, 2.75) is 65.9 Å². The average molecular weight is 218 g/mol. The van der Waals surface area contributed by atoms with E-state index in [9.17, 15) is 0 Å². The summed E-state index contributed by atoms with van der Waals surface area (Å²) in [7, 11) is 0. The third-order valence-corrected chi connectivity index (χ3v) is 1.82. The summed E-state index contributed by atoms with van der Waals surface area (Å²) >= 11 is 3.93. The third-order valence-electron chi connectivity index (χ3n) is 1.36. The van der Waals surface area contributed by atoms with Crippen molar-refractivity contribution < 1.29 is 19.7 Å². The van der Waals surface area contributed by atoms with E-state index >= 15 is 0 Å². The number of hydrogen-bond donors (Lipinski definition) is 0. The molecule has 0 aromatic carbocycles. The van der Waals surface area contributed by atoms with Gasteiger partial charge >= 0.3 is 39.6 Å². The van der Waals surface area contributed by atoms with Crippen molar-refractivity contribution in [3.63, 3.8) is 0 Å². The fraction of sp³-hybridized carbons (Fsp3) is 1.00. The number of unbranched alkanes of at least 4 members (excludes halogenated alkanes) is 4. The quantitative estimate of drug-likeness (QED) is 0.502. The van der Waals surface area contributed by atoms with Crippen LogP contribution in [0.5, 0.6) is 0 Å². The molecule has 0 aromatic rings. The maximum Gasteiger partial charge on any atom is -0.0533 e. The van der Waals surface area contributed by atoms with Gasteiger partial charge in [0.15, 0.2) is 0 Å².